The largest absolute Gasteiger partial charge is 0.391 e. The fourth-order valence-electron chi connectivity index (χ4n) is 3.31. The lowest BCUT2D eigenvalue weighted by Gasteiger charge is -2.35. The number of hydrogen-bond acceptors (Lipinski definition) is 2. The van der Waals surface area contributed by atoms with Gasteiger partial charge in [0.05, 0.1) is 6.10 Å². The summed E-state index contributed by atoms with van der Waals surface area (Å²) in [5.74, 6) is 0. The summed E-state index contributed by atoms with van der Waals surface area (Å²) >= 11 is 0. The first-order valence-electron chi connectivity index (χ1n) is 6.26. The van der Waals surface area contributed by atoms with Crippen molar-refractivity contribution in [3.8, 4) is 0 Å². The van der Waals surface area contributed by atoms with E-state index < -0.39 is 0 Å². The molecule has 0 aromatic rings. The van der Waals surface area contributed by atoms with Crippen LogP contribution < -0.4 is 0 Å². The Kier molecular flexibility index (Phi) is 3.45. The second kappa shape index (κ2) is 4.63. The molecule has 0 aliphatic heterocycles. The summed E-state index contributed by atoms with van der Waals surface area (Å²) in [4.78, 5) is 2.57. The first-order chi connectivity index (χ1) is 6.83. The number of aliphatic hydroxyl groups is 1. The third-order valence-electron chi connectivity index (χ3n) is 4.03. The van der Waals surface area contributed by atoms with Gasteiger partial charge in [-0.25, -0.2) is 0 Å². The van der Waals surface area contributed by atoms with E-state index in [9.17, 15) is 5.11 Å². The van der Waals surface area contributed by atoms with Gasteiger partial charge in [-0.05, 0) is 38.6 Å². The Morgan fingerprint density at radius 3 is 2.29 bits per heavy atom. The number of rotatable bonds is 3. The van der Waals surface area contributed by atoms with E-state index >= 15 is 0 Å². The van der Waals surface area contributed by atoms with E-state index in [0.717, 1.165) is 19.0 Å². The Balaban J connectivity index is 1.96. The lowest BCUT2D eigenvalue weighted by molar-refractivity contribution is 0.0479. The molecule has 2 aliphatic rings. The quantitative estimate of drug-likeness (QED) is 0.749. The Labute approximate surface area is 87.3 Å². The van der Waals surface area contributed by atoms with Crippen LogP contribution in [-0.4, -0.2) is 34.7 Å². The Bertz CT molecular complexity index is 177. The molecule has 0 aromatic heterocycles. The minimum absolute atomic E-state index is 0.0458. The van der Waals surface area contributed by atoms with Gasteiger partial charge in [-0.3, -0.25) is 4.90 Å². The lowest BCUT2D eigenvalue weighted by atomic mass is 10.1. The molecule has 0 radical (unpaired) electrons. The molecule has 82 valence electrons. The second-order valence-corrected chi connectivity index (χ2v) is 4.83. The van der Waals surface area contributed by atoms with Crippen molar-refractivity contribution in [1.29, 1.82) is 0 Å². The van der Waals surface area contributed by atoms with Crippen LogP contribution in [0.2, 0.25) is 0 Å². The van der Waals surface area contributed by atoms with Crippen LogP contribution in [0, 0.1) is 0 Å². The standard InChI is InChI=1S/C12H23NO/c1-2-13(10-6-3-4-7-10)11-8-5-9-12(11)14/h10-12,14H,2-9H2,1H3/t11-,12-/m0/s1. The summed E-state index contributed by atoms with van der Waals surface area (Å²) in [5.41, 5.74) is 0. The predicted octanol–water partition coefficient (Wildman–Crippen LogP) is 2.16. The molecule has 0 saturated heterocycles. The average molecular weight is 197 g/mol. The van der Waals surface area contributed by atoms with Crippen LogP contribution in [0.5, 0.6) is 0 Å². The van der Waals surface area contributed by atoms with Crippen molar-refractivity contribution < 1.29 is 5.11 Å². The van der Waals surface area contributed by atoms with Crippen LogP contribution in [0.4, 0.5) is 0 Å². The maximum atomic E-state index is 9.91. The van der Waals surface area contributed by atoms with Crippen molar-refractivity contribution in [2.75, 3.05) is 6.54 Å². The summed E-state index contributed by atoms with van der Waals surface area (Å²) in [6.45, 7) is 3.36. The summed E-state index contributed by atoms with van der Waals surface area (Å²) < 4.78 is 0. The topological polar surface area (TPSA) is 23.5 Å². The molecule has 0 spiro atoms. The van der Waals surface area contributed by atoms with Crippen molar-refractivity contribution in [1.82, 2.24) is 4.90 Å². The molecular weight excluding hydrogens is 174 g/mol. The van der Waals surface area contributed by atoms with Crippen molar-refractivity contribution in [3.05, 3.63) is 0 Å². The van der Waals surface area contributed by atoms with E-state index in [1.54, 1.807) is 0 Å². The van der Waals surface area contributed by atoms with Crippen LogP contribution in [0.3, 0.4) is 0 Å². The zero-order valence-electron chi connectivity index (χ0n) is 9.28. The highest BCUT2D eigenvalue weighted by Crippen LogP contribution is 2.31. The SMILES string of the molecule is CCN(C1CCCC1)[C@H]1CCC[C@@H]1O. The van der Waals surface area contributed by atoms with Crippen molar-refractivity contribution in [3.63, 3.8) is 0 Å². The summed E-state index contributed by atoms with van der Waals surface area (Å²) in [6, 6.07) is 1.25. The Hall–Kier alpha value is -0.0800. The van der Waals surface area contributed by atoms with E-state index in [1.165, 1.54) is 38.5 Å². The minimum Gasteiger partial charge on any atom is -0.391 e. The van der Waals surface area contributed by atoms with Crippen molar-refractivity contribution in [2.45, 2.75) is 70.1 Å². The molecule has 2 saturated carbocycles. The van der Waals surface area contributed by atoms with E-state index in [0.29, 0.717) is 6.04 Å². The highest BCUT2D eigenvalue weighted by atomic mass is 16.3. The number of nitrogens with zero attached hydrogens (tertiary/aromatic N) is 1. The van der Waals surface area contributed by atoms with Crippen LogP contribution in [0.1, 0.15) is 51.9 Å². The van der Waals surface area contributed by atoms with Gasteiger partial charge in [0, 0.05) is 12.1 Å². The van der Waals surface area contributed by atoms with Gasteiger partial charge in [0.25, 0.3) is 0 Å². The molecule has 2 nitrogen and oxygen atoms in total. The molecule has 2 atom stereocenters. The van der Waals surface area contributed by atoms with E-state index in [-0.39, 0.29) is 6.10 Å². The third-order valence-corrected chi connectivity index (χ3v) is 4.03. The number of hydrogen-bond donors (Lipinski definition) is 1. The molecule has 2 heteroatoms. The van der Waals surface area contributed by atoms with Gasteiger partial charge < -0.3 is 5.11 Å². The molecule has 2 aliphatic carbocycles. The molecule has 2 fully saturated rings. The summed E-state index contributed by atoms with van der Waals surface area (Å²) in [6.07, 6.45) is 8.91. The van der Waals surface area contributed by atoms with Gasteiger partial charge >= 0.3 is 0 Å². The second-order valence-electron chi connectivity index (χ2n) is 4.83. The summed E-state index contributed by atoms with van der Waals surface area (Å²) in [7, 11) is 0. The van der Waals surface area contributed by atoms with Crippen LogP contribution >= 0.6 is 0 Å². The van der Waals surface area contributed by atoms with E-state index in [4.69, 9.17) is 0 Å². The molecular formula is C12H23NO. The first kappa shape index (κ1) is 10.4. The molecule has 0 unspecified atom stereocenters. The van der Waals surface area contributed by atoms with Gasteiger partial charge in [0.1, 0.15) is 0 Å². The smallest absolute Gasteiger partial charge is 0.0695 e. The van der Waals surface area contributed by atoms with Crippen LogP contribution in [0.15, 0.2) is 0 Å². The fourth-order valence-corrected chi connectivity index (χ4v) is 3.31. The number of aliphatic hydroxyl groups excluding tert-OH is 1. The zero-order chi connectivity index (χ0) is 9.97. The van der Waals surface area contributed by atoms with Gasteiger partial charge in [0.15, 0.2) is 0 Å². The molecule has 1 N–H and O–H groups in total. The molecule has 2 rings (SSSR count). The van der Waals surface area contributed by atoms with Gasteiger partial charge in [-0.15, -0.1) is 0 Å². The maximum Gasteiger partial charge on any atom is 0.0695 e. The monoisotopic (exact) mass is 197 g/mol. The average Bonchev–Trinajstić information content (AvgIpc) is 2.80. The van der Waals surface area contributed by atoms with Crippen molar-refractivity contribution in [2.24, 2.45) is 0 Å². The lowest BCUT2D eigenvalue weighted by Crippen LogP contribution is -2.45. The van der Waals surface area contributed by atoms with E-state index in [2.05, 4.69) is 11.8 Å². The third kappa shape index (κ3) is 1.96. The van der Waals surface area contributed by atoms with E-state index in [1.807, 2.05) is 0 Å². The summed E-state index contributed by atoms with van der Waals surface area (Å²) in [5, 5.41) is 9.91. The normalized spacial score (nSPS) is 34.5. The molecule has 0 heterocycles. The van der Waals surface area contributed by atoms with Gasteiger partial charge in [0.2, 0.25) is 0 Å². The Morgan fingerprint density at radius 1 is 1.07 bits per heavy atom. The highest BCUT2D eigenvalue weighted by Gasteiger charge is 2.34. The predicted molar refractivity (Wildman–Crippen MR) is 58.3 cm³/mol. The van der Waals surface area contributed by atoms with Crippen LogP contribution in [-0.2, 0) is 0 Å². The van der Waals surface area contributed by atoms with Crippen molar-refractivity contribution >= 4 is 0 Å². The molecule has 0 aromatic carbocycles. The maximum absolute atomic E-state index is 9.91. The fraction of sp³-hybridized carbons (Fsp3) is 1.00. The van der Waals surface area contributed by atoms with Crippen LogP contribution in [0.25, 0.3) is 0 Å². The minimum atomic E-state index is -0.0458. The first-order valence-corrected chi connectivity index (χ1v) is 6.26. The van der Waals surface area contributed by atoms with Gasteiger partial charge in [-0.1, -0.05) is 19.8 Å². The Morgan fingerprint density at radius 2 is 1.79 bits per heavy atom. The number of likely N-dealkylation sites (N-methyl/N-ethyl adjacent to an activating group) is 1. The molecule has 14 heavy (non-hydrogen) atoms. The molecule has 0 bridgehead atoms. The highest BCUT2D eigenvalue weighted by molar-refractivity contribution is 4.89. The molecule has 0 amide bonds. The zero-order valence-corrected chi connectivity index (χ0v) is 9.28. The van der Waals surface area contributed by atoms with Gasteiger partial charge in [-0.2, -0.15) is 0 Å².